The van der Waals surface area contributed by atoms with E-state index in [2.05, 4.69) is 35.8 Å². The summed E-state index contributed by atoms with van der Waals surface area (Å²) in [6.07, 6.45) is 3.46. The zero-order valence-electron chi connectivity index (χ0n) is 29.9. The number of hydrogen-bond donors (Lipinski definition) is 5. The standard InChI is InChI=1S/C15H13N3O.C9H11N5.C9H8N2O.C7H9N/c1-12-7-9-13(10-8-12)18-15(17-11-16)19-14-5-3-2-4-6-14;1-6-2-4-7(5-3-6)11-9-12-8(10)13-14-9;1-8(11-7-10)12-9-5-3-2-4-6-9;1-6-2-4-7(8)5-3-6/h2-10H,1H3,(H,17,18);2-5H,1H3,(H4,10,11,12,13,14);2-6H,1H3;2-5H,8H2,1H3. The second kappa shape index (κ2) is 22.2. The van der Waals surface area contributed by atoms with E-state index in [0.717, 1.165) is 22.6 Å². The maximum Gasteiger partial charge on any atom is 0.309 e. The zero-order valence-corrected chi connectivity index (χ0v) is 29.9. The lowest BCUT2D eigenvalue weighted by Gasteiger charge is -2.06. The molecule has 0 saturated carbocycles. The van der Waals surface area contributed by atoms with Crippen LogP contribution in [-0.2, 0) is 0 Å². The minimum Gasteiger partial charge on any atom is -0.443 e. The number of nitriles is 2. The maximum atomic E-state index is 8.71. The quantitative estimate of drug-likeness (QED) is 0.0382. The lowest BCUT2D eigenvalue weighted by molar-refractivity contribution is 0.531. The molecular formula is C40H41N11O2. The third-order valence-corrected chi connectivity index (χ3v) is 6.49. The van der Waals surface area contributed by atoms with E-state index in [4.69, 9.17) is 31.5 Å². The van der Waals surface area contributed by atoms with Gasteiger partial charge in [-0.05, 0) is 81.4 Å². The van der Waals surface area contributed by atoms with Crippen molar-refractivity contribution < 1.29 is 9.47 Å². The number of amidine groups is 1. The Hall–Kier alpha value is -7.64. The number of benzene rings is 5. The number of para-hydroxylation sites is 2. The van der Waals surface area contributed by atoms with Gasteiger partial charge in [-0.15, -0.1) is 10.1 Å². The molecule has 1 aromatic heterocycles. The van der Waals surface area contributed by atoms with Gasteiger partial charge >= 0.3 is 6.02 Å². The summed E-state index contributed by atoms with van der Waals surface area (Å²) in [7, 11) is 0. The summed E-state index contributed by atoms with van der Waals surface area (Å²) in [5, 5.41) is 28.8. The van der Waals surface area contributed by atoms with Crippen molar-refractivity contribution in [2.24, 2.45) is 9.98 Å². The van der Waals surface area contributed by atoms with Crippen LogP contribution in [0, 0.1) is 43.7 Å². The summed E-state index contributed by atoms with van der Waals surface area (Å²) in [5.74, 6) is 2.44. The van der Waals surface area contributed by atoms with Gasteiger partial charge < -0.3 is 26.3 Å². The molecule has 0 radical (unpaired) electrons. The van der Waals surface area contributed by atoms with E-state index in [1.807, 2.05) is 136 Å². The first kappa shape index (κ1) is 39.8. The minimum absolute atomic E-state index is 0.151. The topological polar surface area (TPSA) is 208 Å². The van der Waals surface area contributed by atoms with E-state index >= 15 is 0 Å². The highest BCUT2D eigenvalue weighted by Crippen LogP contribution is 2.15. The molecule has 6 rings (SSSR count). The van der Waals surface area contributed by atoms with Crippen LogP contribution < -0.4 is 31.6 Å². The Morgan fingerprint density at radius 3 is 1.68 bits per heavy atom. The molecule has 0 unspecified atom stereocenters. The summed E-state index contributed by atoms with van der Waals surface area (Å²) >= 11 is 0. The third-order valence-electron chi connectivity index (χ3n) is 6.49. The van der Waals surface area contributed by atoms with Crippen LogP contribution in [0.15, 0.2) is 143 Å². The molecule has 0 fully saturated rings. The van der Waals surface area contributed by atoms with Gasteiger partial charge in [0.05, 0.1) is 5.69 Å². The maximum absolute atomic E-state index is 8.71. The van der Waals surface area contributed by atoms with Crippen LogP contribution >= 0.6 is 0 Å². The molecule has 53 heavy (non-hydrogen) atoms. The Morgan fingerprint density at radius 1 is 0.698 bits per heavy atom. The lowest BCUT2D eigenvalue weighted by Crippen LogP contribution is -2.23. The van der Waals surface area contributed by atoms with E-state index in [-0.39, 0.29) is 6.02 Å². The van der Waals surface area contributed by atoms with Crippen molar-refractivity contribution in [1.82, 2.24) is 20.5 Å². The first-order valence-electron chi connectivity index (χ1n) is 16.2. The van der Waals surface area contributed by atoms with Gasteiger partial charge in [0.15, 0.2) is 6.19 Å². The Bertz CT molecular complexity index is 2060. The molecule has 0 atom stereocenters. The van der Waals surface area contributed by atoms with Gasteiger partial charge in [-0.2, -0.15) is 20.5 Å². The Labute approximate surface area is 309 Å². The van der Waals surface area contributed by atoms with Crippen molar-refractivity contribution in [2.75, 3.05) is 16.8 Å². The molecule has 0 spiro atoms. The van der Waals surface area contributed by atoms with E-state index in [1.165, 1.54) is 11.1 Å². The number of aryl methyl sites for hydroxylation is 3. The van der Waals surface area contributed by atoms with Crippen molar-refractivity contribution >= 4 is 40.9 Å². The fraction of sp³-hybridized carbons (Fsp3) is 0.100. The molecule has 0 saturated heterocycles. The lowest BCUT2D eigenvalue weighted by atomic mass is 10.2. The summed E-state index contributed by atoms with van der Waals surface area (Å²) in [4.78, 5) is 11.6. The number of aromatic amines is 1. The van der Waals surface area contributed by atoms with Crippen molar-refractivity contribution in [3.8, 4) is 23.9 Å². The van der Waals surface area contributed by atoms with Crippen LogP contribution in [0.1, 0.15) is 23.6 Å². The molecule has 0 aliphatic heterocycles. The second-order valence-corrected chi connectivity index (χ2v) is 11.0. The van der Waals surface area contributed by atoms with Gasteiger partial charge in [0.2, 0.25) is 24.0 Å². The average molecular weight is 708 g/mol. The predicted octanol–water partition coefficient (Wildman–Crippen LogP) is 8.11. The molecule has 0 bridgehead atoms. The Balaban J connectivity index is 0.000000198. The van der Waals surface area contributed by atoms with Crippen molar-refractivity contribution in [2.45, 2.75) is 27.7 Å². The Morgan fingerprint density at radius 2 is 1.21 bits per heavy atom. The minimum atomic E-state index is 0.151. The molecule has 6 aromatic rings. The van der Waals surface area contributed by atoms with Crippen LogP contribution in [-0.4, -0.2) is 27.1 Å². The number of nitrogens with two attached hydrogens (primary N) is 2. The molecule has 7 N–H and O–H groups in total. The summed E-state index contributed by atoms with van der Waals surface area (Å²) < 4.78 is 10.7. The van der Waals surface area contributed by atoms with Crippen molar-refractivity contribution in [3.05, 3.63) is 150 Å². The SMILES string of the molecule is CC(=NC#N)Oc1ccccc1.Cc1ccc(N)cc1.Cc1ccc(N=C(NC#N)Oc2ccccc2)cc1.Cc1ccc(Nc2n[nH]c(N)n2)cc1. The summed E-state index contributed by atoms with van der Waals surface area (Å²) in [6.45, 7) is 7.71. The summed E-state index contributed by atoms with van der Waals surface area (Å²) in [6, 6.07) is 41.9. The van der Waals surface area contributed by atoms with Gasteiger partial charge in [0, 0.05) is 18.3 Å². The van der Waals surface area contributed by atoms with Gasteiger partial charge in [-0.1, -0.05) is 89.5 Å². The zero-order chi connectivity index (χ0) is 38.3. The number of aromatic nitrogens is 3. The number of nitrogens with zero attached hydrogens (tertiary/aromatic N) is 6. The highest BCUT2D eigenvalue weighted by Gasteiger charge is 2.02. The first-order valence-corrected chi connectivity index (χ1v) is 16.2. The van der Waals surface area contributed by atoms with E-state index < -0.39 is 0 Å². The number of aliphatic imine (C=N–C) groups is 2. The number of hydrogen-bond acceptors (Lipinski definition) is 11. The second-order valence-electron chi connectivity index (χ2n) is 11.0. The van der Waals surface area contributed by atoms with E-state index in [0.29, 0.717) is 29.3 Å². The van der Waals surface area contributed by atoms with Crippen molar-refractivity contribution in [1.29, 1.82) is 10.5 Å². The van der Waals surface area contributed by atoms with Gasteiger partial charge in [0.1, 0.15) is 11.5 Å². The molecule has 13 heteroatoms. The largest absolute Gasteiger partial charge is 0.443 e. The van der Waals surface area contributed by atoms with Crippen LogP contribution in [0.5, 0.6) is 11.5 Å². The third kappa shape index (κ3) is 16.5. The predicted molar refractivity (Wildman–Crippen MR) is 211 cm³/mol. The number of nitrogens with one attached hydrogen (secondary N) is 3. The molecule has 268 valence electrons. The molecule has 0 aliphatic carbocycles. The molecule has 0 amide bonds. The molecular weight excluding hydrogens is 667 g/mol. The fourth-order valence-electron chi connectivity index (χ4n) is 3.88. The Kier molecular flexibility index (Phi) is 16.6. The monoisotopic (exact) mass is 707 g/mol. The molecule has 0 aliphatic rings. The van der Waals surface area contributed by atoms with Gasteiger partial charge in [-0.25, -0.2) is 10.4 Å². The fourth-order valence-corrected chi connectivity index (χ4v) is 3.88. The summed E-state index contributed by atoms with van der Waals surface area (Å²) in [5.41, 5.74) is 16.9. The van der Waals surface area contributed by atoms with Gasteiger partial charge in [-0.3, -0.25) is 0 Å². The number of H-pyrrole nitrogens is 1. The number of rotatable bonds is 5. The highest BCUT2D eigenvalue weighted by molar-refractivity contribution is 5.80. The van der Waals surface area contributed by atoms with Crippen LogP contribution in [0.25, 0.3) is 0 Å². The number of ether oxygens (including phenoxy) is 2. The molecule has 1 heterocycles. The first-order chi connectivity index (χ1) is 25.6. The highest BCUT2D eigenvalue weighted by atomic mass is 16.5. The van der Waals surface area contributed by atoms with Crippen molar-refractivity contribution in [3.63, 3.8) is 0 Å². The van der Waals surface area contributed by atoms with Crippen LogP contribution in [0.2, 0.25) is 0 Å². The van der Waals surface area contributed by atoms with Gasteiger partial charge in [0.25, 0.3) is 0 Å². The number of anilines is 4. The van der Waals surface area contributed by atoms with E-state index in [1.54, 1.807) is 37.4 Å². The smallest absolute Gasteiger partial charge is 0.309 e. The van der Waals surface area contributed by atoms with Crippen LogP contribution in [0.4, 0.5) is 29.0 Å². The van der Waals surface area contributed by atoms with E-state index in [9.17, 15) is 0 Å². The van der Waals surface area contributed by atoms with Crippen LogP contribution in [0.3, 0.4) is 0 Å². The number of nitrogen functional groups attached to an aromatic ring is 2. The normalized spacial score (nSPS) is 10.2. The molecule has 13 nitrogen and oxygen atoms in total. The average Bonchev–Trinajstić information content (AvgIpc) is 3.57. The molecule has 5 aromatic carbocycles.